The van der Waals surface area contributed by atoms with Crippen molar-refractivity contribution in [2.75, 3.05) is 13.2 Å². The van der Waals surface area contributed by atoms with E-state index < -0.39 is 0 Å². The molecule has 0 amide bonds. The minimum atomic E-state index is 0.238. The van der Waals surface area contributed by atoms with Crippen LogP contribution in [0.25, 0.3) is 0 Å². The molecule has 74 valence electrons. The first-order valence-corrected chi connectivity index (χ1v) is 4.95. The Bertz CT molecular complexity index is 351. The molecule has 1 N–H and O–H groups in total. The fraction of sp³-hybridized carbons (Fsp3) is 0.273. The number of fused-ring (bicyclic) bond motifs is 1. The van der Waals surface area contributed by atoms with Crippen LogP contribution in [-0.2, 0) is 0 Å². The van der Waals surface area contributed by atoms with Gasteiger partial charge in [-0.2, -0.15) is 0 Å². The Morgan fingerprint density at radius 1 is 1.64 bits per heavy atom. The summed E-state index contributed by atoms with van der Waals surface area (Å²) in [6.07, 6.45) is 1.84. The third-order valence-corrected chi connectivity index (χ3v) is 2.50. The van der Waals surface area contributed by atoms with Crippen molar-refractivity contribution >= 4 is 11.6 Å². The lowest BCUT2D eigenvalue weighted by Crippen LogP contribution is -2.22. The van der Waals surface area contributed by atoms with Crippen molar-refractivity contribution < 1.29 is 4.74 Å². The van der Waals surface area contributed by atoms with E-state index in [2.05, 4.69) is 11.9 Å². The Balaban J connectivity index is 2.19. The number of rotatable bonds is 3. The summed E-state index contributed by atoms with van der Waals surface area (Å²) in [5.74, 6) is 0.927. The molecule has 1 atom stereocenters. The fourth-order valence-electron chi connectivity index (χ4n) is 1.58. The van der Waals surface area contributed by atoms with Gasteiger partial charge in [-0.3, -0.25) is 0 Å². The van der Waals surface area contributed by atoms with E-state index in [1.54, 1.807) is 0 Å². The highest BCUT2D eigenvalue weighted by atomic mass is 35.5. The van der Waals surface area contributed by atoms with Crippen molar-refractivity contribution in [1.29, 1.82) is 0 Å². The molecule has 1 aromatic carbocycles. The van der Waals surface area contributed by atoms with Crippen LogP contribution in [0.15, 0.2) is 30.9 Å². The molecule has 0 spiro atoms. The molecule has 0 bridgehead atoms. The van der Waals surface area contributed by atoms with Gasteiger partial charge in [0.1, 0.15) is 12.4 Å². The van der Waals surface area contributed by atoms with E-state index in [-0.39, 0.29) is 6.04 Å². The van der Waals surface area contributed by atoms with Gasteiger partial charge in [-0.1, -0.05) is 17.7 Å². The summed E-state index contributed by atoms with van der Waals surface area (Å²) in [7, 11) is 0. The molecule has 3 heteroatoms. The SMILES string of the molecule is C=CCNC1COc2ccc(Cl)cc21. The molecule has 2 rings (SSSR count). The Morgan fingerprint density at radius 3 is 3.29 bits per heavy atom. The summed E-state index contributed by atoms with van der Waals surface area (Å²) < 4.78 is 5.51. The van der Waals surface area contributed by atoms with Crippen LogP contribution in [0.2, 0.25) is 5.02 Å². The van der Waals surface area contributed by atoms with Crippen molar-refractivity contribution in [3.63, 3.8) is 0 Å². The number of hydrogen-bond acceptors (Lipinski definition) is 2. The first-order chi connectivity index (χ1) is 6.81. The van der Waals surface area contributed by atoms with E-state index >= 15 is 0 Å². The molecule has 1 heterocycles. The summed E-state index contributed by atoms with van der Waals surface area (Å²) >= 11 is 5.92. The highest BCUT2D eigenvalue weighted by Crippen LogP contribution is 2.33. The van der Waals surface area contributed by atoms with Crippen LogP contribution in [0.3, 0.4) is 0 Å². The minimum Gasteiger partial charge on any atom is -0.491 e. The third kappa shape index (κ3) is 1.76. The van der Waals surface area contributed by atoms with E-state index in [1.807, 2.05) is 24.3 Å². The van der Waals surface area contributed by atoms with Gasteiger partial charge in [0.15, 0.2) is 0 Å². The van der Waals surface area contributed by atoms with Crippen molar-refractivity contribution in [1.82, 2.24) is 5.32 Å². The van der Waals surface area contributed by atoms with Crippen molar-refractivity contribution in [3.8, 4) is 5.75 Å². The van der Waals surface area contributed by atoms with Gasteiger partial charge in [-0.25, -0.2) is 0 Å². The molecule has 0 saturated carbocycles. The lowest BCUT2D eigenvalue weighted by Gasteiger charge is -2.09. The number of nitrogens with one attached hydrogen (secondary N) is 1. The molecule has 0 radical (unpaired) electrons. The third-order valence-electron chi connectivity index (χ3n) is 2.26. The topological polar surface area (TPSA) is 21.3 Å². The molecule has 0 saturated heterocycles. The highest BCUT2D eigenvalue weighted by Gasteiger charge is 2.23. The number of ether oxygens (including phenoxy) is 1. The lowest BCUT2D eigenvalue weighted by molar-refractivity contribution is 0.315. The Morgan fingerprint density at radius 2 is 2.50 bits per heavy atom. The second-order valence-electron chi connectivity index (χ2n) is 3.24. The van der Waals surface area contributed by atoms with Gasteiger partial charge in [0.05, 0.1) is 6.04 Å². The van der Waals surface area contributed by atoms with E-state index in [1.165, 1.54) is 0 Å². The summed E-state index contributed by atoms with van der Waals surface area (Å²) in [5.41, 5.74) is 1.14. The fourth-order valence-corrected chi connectivity index (χ4v) is 1.76. The van der Waals surface area contributed by atoms with Crippen molar-refractivity contribution in [2.45, 2.75) is 6.04 Å². The average molecular weight is 210 g/mol. The molecule has 1 unspecified atom stereocenters. The maximum absolute atomic E-state index is 5.92. The van der Waals surface area contributed by atoms with Gasteiger partial charge in [0.25, 0.3) is 0 Å². The molecular weight excluding hydrogens is 198 g/mol. The summed E-state index contributed by atoms with van der Waals surface area (Å²) in [6, 6.07) is 5.94. The zero-order valence-corrected chi connectivity index (χ0v) is 8.55. The highest BCUT2D eigenvalue weighted by molar-refractivity contribution is 6.30. The molecule has 1 aromatic rings. The standard InChI is InChI=1S/C11H12ClNO/c1-2-5-13-10-7-14-11-4-3-8(12)6-9(10)11/h2-4,6,10,13H,1,5,7H2. The molecule has 1 aliphatic rings. The molecule has 2 nitrogen and oxygen atoms in total. The number of halogens is 1. The predicted octanol–water partition coefficient (Wildman–Crippen LogP) is 2.55. The van der Waals surface area contributed by atoms with Crippen molar-refractivity contribution in [3.05, 3.63) is 41.4 Å². The van der Waals surface area contributed by atoms with Gasteiger partial charge >= 0.3 is 0 Å². The van der Waals surface area contributed by atoms with Gasteiger partial charge in [-0.15, -0.1) is 6.58 Å². The average Bonchev–Trinajstić information content (AvgIpc) is 2.57. The molecule has 0 aliphatic carbocycles. The summed E-state index contributed by atoms with van der Waals surface area (Å²) in [4.78, 5) is 0. The van der Waals surface area contributed by atoms with E-state index in [4.69, 9.17) is 16.3 Å². The van der Waals surface area contributed by atoms with Gasteiger partial charge < -0.3 is 10.1 Å². The lowest BCUT2D eigenvalue weighted by atomic mass is 10.1. The second-order valence-corrected chi connectivity index (χ2v) is 3.68. The smallest absolute Gasteiger partial charge is 0.124 e. The molecular formula is C11H12ClNO. The van der Waals surface area contributed by atoms with E-state index in [0.717, 1.165) is 22.9 Å². The zero-order chi connectivity index (χ0) is 9.97. The van der Waals surface area contributed by atoms with Crippen LogP contribution >= 0.6 is 11.6 Å². The Hall–Kier alpha value is -0.990. The summed E-state index contributed by atoms with van der Waals surface area (Å²) in [5, 5.41) is 4.06. The quantitative estimate of drug-likeness (QED) is 0.773. The maximum atomic E-state index is 5.92. The normalized spacial score (nSPS) is 18.8. The van der Waals surface area contributed by atoms with E-state index in [9.17, 15) is 0 Å². The van der Waals surface area contributed by atoms with Crippen LogP contribution in [0.1, 0.15) is 11.6 Å². The Kier molecular flexibility index (Phi) is 2.75. The number of hydrogen-bond donors (Lipinski definition) is 1. The predicted molar refractivity (Wildman–Crippen MR) is 57.9 cm³/mol. The second kappa shape index (κ2) is 4.03. The monoisotopic (exact) mass is 209 g/mol. The molecule has 14 heavy (non-hydrogen) atoms. The molecule has 0 aromatic heterocycles. The number of benzene rings is 1. The van der Waals surface area contributed by atoms with Gasteiger partial charge in [0.2, 0.25) is 0 Å². The first kappa shape index (κ1) is 9.56. The van der Waals surface area contributed by atoms with Crippen LogP contribution in [-0.4, -0.2) is 13.2 Å². The van der Waals surface area contributed by atoms with Crippen LogP contribution < -0.4 is 10.1 Å². The molecule has 0 fully saturated rings. The zero-order valence-electron chi connectivity index (χ0n) is 7.79. The summed E-state index contributed by atoms with van der Waals surface area (Å²) in [6.45, 7) is 5.11. The Labute approximate surface area is 88.5 Å². The maximum Gasteiger partial charge on any atom is 0.124 e. The van der Waals surface area contributed by atoms with Crippen molar-refractivity contribution in [2.24, 2.45) is 0 Å². The first-order valence-electron chi connectivity index (χ1n) is 4.58. The van der Waals surface area contributed by atoms with Gasteiger partial charge in [-0.05, 0) is 18.2 Å². The van der Waals surface area contributed by atoms with Gasteiger partial charge in [0, 0.05) is 17.1 Å². The van der Waals surface area contributed by atoms with E-state index in [0.29, 0.717) is 6.61 Å². The van der Waals surface area contributed by atoms with Crippen LogP contribution in [0.5, 0.6) is 5.75 Å². The van der Waals surface area contributed by atoms with Crippen LogP contribution in [0.4, 0.5) is 0 Å². The molecule has 1 aliphatic heterocycles. The minimum absolute atomic E-state index is 0.238. The van der Waals surface area contributed by atoms with Crippen LogP contribution in [0, 0.1) is 0 Å². The largest absolute Gasteiger partial charge is 0.491 e.